The molecule has 204 valence electrons. The van der Waals surface area contributed by atoms with Gasteiger partial charge in [-0.2, -0.15) is 0 Å². The molecule has 4 N–H and O–H groups in total. The van der Waals surface area contributed by atoms with E-state index in [9.17, 15) is 9.59 Å². The van der Waals surface area contributed by atoms with Gasteiger partial charge in [0.1, 0.15) is 11.7 Å². The Hall–Kier alpha value is -4.40. The molecule has 0 atom stereocenters. The largest absolute Gasteiger partial charge is 0.368 e. The molecule has 0 spiro atoms. The predicted octanol–water partition coefficient (Wildman–Crippen LogP) is 4.89. The summed E-state index contributed by atoms with van der Waals surface area (Å²) in [4.78, 5) is 35.3. The minimum Gasteiger partial charge on any atom is -0.368 e. The first kappa shape index (κ1) is 28.6. The minimum absolute atomic E-state index is 0. The SMILES string of the molecule is Cl.Cl.O=C(Nc1ccc(C2=NCCN2)cc1)c1ccc(C(=O)Nc2ccc(C3=NCCN3)cc2)c2ccccc12. The highest BCUT2D eigenvalue weighted by Gasteiger charge is 2.17. The van der Waals surface area contributed by atoms with Crippen molar-refractivity contribution in [1.29, 1.82) is 0 Å². The number of aliphatic imine (C=N–C) groups is 2. The number of nitrogens with one attached hydrogen (secondary N) is 4. The van der Waals surface area contributed by atoms with Gasteiger partial charge in [0.15, 0.2) is 0 Å². The lowest BCUT2D eigenvalue weighted by molar-refractivity contribution is 0.101. The van der Waals surface area contributed by atoms with Crippen molar-refractivity contribution in [2.75, 3.05) is 36.8 Å². The summed E-state index contributed by atoms with van der Waals surface area (Å²) in [6.45, 7) is 3.23. The van der Waals surface area contributed by atoms with Gasteiger partial charge in [0.05, 0.1) is 13.1 Å². The zero-order chi connectivity index (χ0) is 25.9. The Morgan fingerprint density at radius 3 is 1.32 bits per heavy atom. The highest BCUT2D eigenvalue weighted by atomic mass is 35.5. The maximum Gasteiger partial charge on any atom is 0.256 e. The van der Waals surface area contributed by atoms with Gasteiger partial charge in [-0.3, -0.25) is 19.6 Å². The first-order chi connectivity index (χ1) is 18.7. The van der Waals surface area contributed by atoms with E-state index in [4.69, 9.17) is 0 Å². The number of amidine groups is 2. The zero-order valence-corrected chi connectivity index (χ0v) is 23.1. The third-order valence-electron chi connectivity index (χ3n) is 6.59. The fraction of sp³-hybridized carbons (Fsp3) is 0.133. The molecule has 10 heteroatoms. The first-order valence-corrected chi connectivity index (χ1v) is 12.6. The van der Waals surface area contributed by atoms with Crippen molar-refractivity contribution in [3.63, 3.8) is 0 Å². The number of anilines is 2. The number of hydrogen-bond donors (Lipinski definition) is 4. The molecule has 0 fully saturated rings. The summed E-state index contributed by atoms with van der Waals surface area (Å²) in [6.07, 6.45) is 0. The first-order valence-electron chi connectivity index (χ1n) is 12.6. The van der Waals surface area contributed by atoms with Crippen LogP contribution in [-0.2, 0) is 0 Å². The van der Waals surface area contributed by atoms with E-state index in [0.29, 0.717) is 33.3 Å². The Morgan fingerprint density at radius 1 is 0.575 bits per heavy atom. The van der Waals surface area contributed by atoms with Crippen LogP contribution in [0.15, 0.2) is 94.9 Å². The van der Waals surface area contributed by atoms with Crippen LogP contribution in [-0.4, -0.2) is 49.7 Å². The molecule has 2 amide bonds. The van der Waals surface area contributed by atoms with Crippen LogP contribution in [0.4, 0.5) is 11.4 Å². The summed E-state index contributed by atoms with van der Waals surface area (Å²) in [5.74, 6) is 1.27. The molecule has 0 aliphatic carbocycles. The van der Waals surface area contributed by atoms with E-state index >= 15 is 0 Å². The lowest BCUT2D eigenvalue weighted by Crippen LogP contribution is -2.19. The quantitative estimate of drug-likeness (QED) is 0.263. The Bertz CT molecular complexity index is 1480. The minimum atomic E-state index is -0.240. The zero-order valence-electron chi connectivity index (χ0n) is 21.4. The number of rotatable bonds is 6. The molecular weight excluding hydrogens is 547 g/mol. The highest BCUT2D eigenvalue weighted by molar-refractivity contribution is 6.19. The normalized spacial score (nSPS) is 13.6. The van der Waals surface area contributed by atoms with Gasteiger partial charge in [-0.15, -0.1) is 24.8 Å². The Labute approximate surface area is 244 Å². The summed E-state index contributed by atoms with van der Waals surface area (Å²) in [5, 5.41) is 13.8. The molecule has 8 nitrogen and oxygen atoms in total. The van der Waals surface area contributed by atoms with Crippen LogP contribution in [0.3, 0.4) is 0 Å². The summed E-state index contributed by atoms with van der Waals surface area (Å²) in [5.41, 5.74) is 4.34. The summed E-state index contributed by atoms with van der Waals surface area (Å²) < 4.78 is 0. The molecule has 0 saturated heterocycles. The van der Waals surface area contributed by atoms with Crippen LogP contribution >= 0.6 is 24.8 Å². The van der Waals surface area contributed by atoms with E-state index in [2.05, 4.69) is 31.3 Å². The number of amides is 2. The predicted molar refractivity (Wildman–Crippen MR) is 166 cm³/mol. The molecule has 0 radical (unpaired) electrons. The molecule has 2 heterocycles. The van der Waals surface area contributed by atoms with Gasteiger partial charge in [0.2, 0.25) is 0 Å². The number of carbonyl (C=O) groups is 2. The van der Waals surface area contributed by atoms with Crippen molar-refractivity contribution < 1.29 is 9.59 Å². The van der Waals surface area contributed by atoms with Crippen LogP contribution in [0.1, 0.15) is 31.8 Å². The highest BCUT2D eigenvalue weighted by Crippen LogP contribution is 2.25. The van der Waals surface area contributed by atoms with Crippen molar-refractivity contribution >= 4 is 70.4 Å². The molecule has 4 aromatic rings. The molecule has 0 unspecified atom stereocenters. The second-order valence-electron chi connectivity index (χ2n) is 9.08. The second kappa shape index (κ2) is 12.6. The maximum absolute atomic E-state index is 13.2. The third kappa shape index (κ3) is 5.93. The van der Waals surface area contributed by atoms with E-state index in [-0.39, 0.29) is 36.6 Å². The molecule has 4 aromatic carbocycles. The van der Waals surface area contributed by atoms with Crippen LogP contribution in [0.2, 0.25) is 0 Å². The van der Waals surface area contributed by atoms with E-state index in [1.807, 2.05) is 72.8 Å². The van der Waals surface area contributed by atoms with Crippen LogP contribution in [0.5, 0.6) is 0 Å². The van der Waals surface area contributed by atoms with Crippen molar-refractivity contribution in [1.82, 2.24) is 10.6 Å². The molecule has 0 bridgehead atoms. The van der Waals surface area contributed by atoms with Crippen molar-refractivity contribution in [2.24, 2.45) is 9.98 Å². The number of halogens is 2. The Morgan fingerprint density at radius 2 is 0.975 bits per heavy atom. The van der Waals surface area contributed by atoms with E-state index in [0.717, 1.165) is 49.0 Å². The monoisotopic (exact) mass is 574 g/mol. The summed E-state index contributed by atoms with van der Waals surface area (Å²) >= 11 is 0. The number of carbonyl (C=O) groups excluding carboxylic acids is 2. The van der Waals surface area contributed by atoms with E-state index < -0.39 is 0 Å². The smallest absolute Gasteiger partial charge is 0.256 e. The Balaban J connectivity index is 0.00000185. The number of benzene rings is 4. The van der Waals surface area contributed by atoms with Gasteiger partial charge in [0.25, 0.3) is 11.8 Å². The van der Waals surface area contributed by atoms with Gasteiger partial charge in [-0.1, -0.05) is 24.3 Å². The van der Waals surface area contributed by atoms with Gasteiger partial charge < -0.3 is 21.3 Å². The van der Waals surface area contributed by atoms with Gasteiger partial charge in [-0.05, 0) is 71.4 Å². The van der Waals surface area contributed by atoms with E-state index in [1.165, 1.54) is 0 Å². The summed E-state index contributed by atoms with van der Waals surface area (Å²) in [7, 11) is 0. The molecular formula is C30H28Cl2N6O2. The topological polar surface area (TPSA) is 107 Å². The molecule has 2 aliphatic rings. The van der Waals surface area contributed by atoms with Crippen molar-refractivity contribution in [2.45, 2.75) is 0 Å². The van der Waals surface area contributed by atoms with Crippen LogP contribution in [0.25, 0.3) is 10.8 Å². The third-order valence-corrected chi connectivity index (χ3v) is 6.59. The van der Waals surface area contributed by atoms with Crippen LogP contribution < -0.4 is 21.3 Å². The number of hydrogen-bond acceptors (Lipinski definition) is 6. The molecule has 2 aliphatic heterocycles. The second-order valence-corrected chi connectivity index (χ2v) is 9.08. The molecule has 0 saturated carbocycles. The maximum atomic E-state index is 13.2. The lowest BCUT2D eigenvalue weighted by Gasteiger charge is -2.13. The number of fused-ring (bicyclic) bond motifs is 1. The van der Waals surface area contributed by atoms with E-state index in [1.54, 1.807) is 12.1 Å². The van der Waals surface area contributed by atoms with Gasteiger partial charge >= 0.3 is 0 Å². The standard InChI is InChI=1S/C30H26N6O2.2ClH/c37-29(35-21-9-5-19(6-10-21)27-31-15-16-32-27)25-13-14-26(24-4-2-1-3-23(24)25)30(38)36-22-11-7-20(8-12-22)28-33-17-18-34-28;;/h1-14H,15-18H2,(H,31,32)(H,33,34)(H,35,37)(H,36,38);2*1H. The fourth-order valence-corrected chi connectivity index (χ4v) is 4.70. The van der Waals surface area contributed by atoms with Crippen molar-refractivity contribution in [3.8, 4) is 0 Å². The Kier molecular flexibility index (Phi) is 9.04. The van der Waals surface area contributed by atoms with Gasteiger partial charge in [-0.25, -0.2) is 0 Å². The molecule has 6 rings (SSSR count). The fourth-order valence-electron chi connectivity index (χ4n) is 4.70. The average Bonchev–Trinajstić information content (AvgIpc) is 3.69. The molecule has 0 aromatic heterocycles. The van der Waals surface area contributed by atoms with Crippen molar-refractivity contribution in [3.05, 3.63) is 107 Å². The molecule has 40 heavy (non-hydrogen) atoms. The lowest BCUT2D eigenvalue weighted by atomic mass is 9.98. The number of nitrogens with zero attached hydrogens (tertiary/aromatic N) is 2. The summed E-state index contributed by atoms with van der Waals surface area (Å²) in [6, 6.07) is 26.0. The average molecular weight is 576 g/mol. The van der Waals surface area contributed by atoms with Gasteiger partial charge in [0, 0.05) is 46.7 Å². The van der Waals surface area contributed by atoms with Crippen LogP contribution in [0, 0.1) is 0 Å².